The van der Waals surface area contributed by atoms with Crippen molar-refractivity contribution in [2.45, 2.75) is 37.6 Å². The van der Waals surface area contributed by atoms with Crippen LogP contribution in [0.25, 0.3) is 0 Å². The summed E-state index contributed by atoms with van der Waals surface area (Å²) in [5.74, 6) is 0.590. The SMILES string of the molecule is CS(=O)(=O)Cc1cccc(C2CCN(Cc3cn(Cc4ccccc4)nn3)CC2)c1. The molecular formula is C23H28N4O2S. The molecule has 0 bridgehead atoms. The topological polar surface area (TPSA) is 68.1 Å². The second-order valence-electron chi connectivity index (χ2n) is 8.26. The summed E-state index contributed by atoms with van der Waals surface area (Å²) in [7, 11) is -3.01. The predicted octanol–water partition coefficient (Wildman–Crippen LogP) is 3.25. The summed E-state index contributed by atoms with van der Waals surface area (Å²) in [5, 5.41) is 8.61. The molecule has 1 aliphatic heterocycles. The zero-order valence-electron chi connectivity index (χ0n) is 17.3. The Morgan fingerprint density at radius 3 is 2.43 bits per heavy atom. The first-order valence-corrected chi connectivity index (χ1v) is 12.4. The van der Waals surface area contributed by atoms with Crippen LogP contribution in [-0.2, 0) is 28.7 Å². The normalized spacial score (nSPS) is 16.0. The number of nitrogens with zero attached hydrogens (tertiary/aromatic N) is 4. The van der Waals surface area contributed by atoms with Gasteiger partial charge in [-0.2, -0.15) is 0 Å². The van der Waals surface area contributed by atoms with Gasteiger partial charge in [-0.3, -0.25) is 4.90 Å². The molecule has 0 atom stereocenters. The third-order valence-electron chi connectivity index (χ3n) is 5.60. The molecule has 6 nitrogen and oxygen atoms in total. The number of aromatic nitrogens is 3. The molecule has 0 radical (unpaired) electrons. The maximum atomic E-state index is 11.6. The fraction of sp³-hybridized carbons (Fsp3) is 0.391. The molecule has 0 unspecified atom stereocenters. The molecule has 4 rings (SSSR count). The summed E-state index contributed by atoms with van der Waals surface area (Å²) in [6.45, 7) is 3.56. The van der Waals surface area contributed by atoms with Gasteiger partial charge in [0, 0.05) is 12.8 Å². The van der Waals surface area contributed by atoms with Crippen molar-refractivity contribution >= 4 is 9.84 Å². The highest BCUT2D eigenvalue weighted by Gasteiger charge is 2.22. The number of benzene rings is 2. The van der Waals surface area contributed by atoms with E-state index in [0.717, 1.165) is 50.3 Å². The van der Waals surface area contributed by atoms with Crippen LogP contribution in [0.4, 0.5) is 0 Å². The Bertz CT molecular complexity index is 1070. The Kier molecular flexibility index (Phi) is 6.29. The standard InChI is InChI=1S/C23H28N4O2S/c1-30(28,29)18-20-8-5-9-22(14-20)21-10-12-26(13-11-21)16-23-17-27(25-24-23)15-19-6-3-2-4-7-19/h2-9,14,17,21H,10-13,15-16,18H2,1H3. The van der Waals surface area contributed by atoms with Gasteiger partial charge >= 0.3 is 0 Å². The highest BCUT2D eigenvalue weighted by molar-refractivity contribution is 7.89. The van der Waals surface area contributed by atoms with E-state index < -0.39 is 9.84 Å². The highest BCUT2D eigenvalue weighted by atomic mass is 32.2. The van der Waals surface area contributed by atoms with Crippen molar-refractivity contribution in [1.29, 1.82) is 0 Å². The molecule has 158 valence electrons. The van der Waals surface area contributed by atoms with Crippen LogP contribution in [0.15, 0.2) is 60.8 Å². The molecule has 1 aromatic heterocycles. The molecular weight excluding hydrogens is 396 g/mol. The molecule has 0 amide bonds. The lowest BCUT2D eigenvalue weighted by molar-refractivity contribution is 0.202. The summed E-state index contributed by atoms with van der Waals surface area (Å²) in [4.78, 5) is 2.42. The second kappa shape index (κ2) is 9.10. The van der Waals surface area contributed by atoms with Crippen LogP contribution < -0.4 is 0 Å². The monoisotopic (exact) mass is 424 g/mol. The minimum atomic E-state index is -3.01. The first-order chi connectivity index (χ1) is 14.4. The Balaban J connectivity index is 1.31. The van der Waals surface area contributed by atoms with Crippen LogP contribution in [-0.4, -0.2) is 47.7 Å². The molecule has 2 heterocycles. The highest BCUT2D eigenvalue weighted by Crippen LogP contribution is 2.29. The van der Waals surface area contributed by atoms with E-state index in [1.807, 2.05) is 41.2 Å². The molecule has 2 aromatic carbocycles. The molecule has 0 saturated carbocycles. The smallest absolute Gasteiger partial charge is 0.151 e. The van der Waals surface area contributed by atoms with Crippen LogP contribution in [0.1, 0.15) is 41.1 Å². The van der Waals surface area contributed by atoms with Gasteiger partial charge in [-0.05, 0) is 48.5 Å². The van der Waals surface area contributed by atoms with E-state index in [-0.39, 0.29) is 5.75 Å². The summed E-state index contributed by atoms with van der Waals surface area (Å²) in [6.07, 6.45) is 5.46. The number of piperidine rings is 1. The van der Waals surface area contributed by atoms with E-state index in [0.29, 0.717) is 5.92 Å². The zero-order valence-corrected chi connectivity index (χ0v) is 18.1. The minimum Gasteiger partial charge on any atom is -0.297 e. The van der Waals surface area contributed by atoms with Gasteiger partial charge in [0.25, 0.3) is 0 Å². The number of sulfone groups is 1. The van der Waals surface area contributed by atoms with Gasteiger partial charge in [0.2, 0.25) is 0 Å². The maximum Gasteiger partial charge on any atom is 0.151 e. The Labute approximate surface area is 178 Å². The largest absolute Gasteiger partial charge is 0.297 e. The van der Waals surface area contributed by atoms with Crippen molar-refractivity contribution in [3.8, 4) is 0 Å². The molecule has 1 saturated heterocycles. The lowest BCUT2D eigenvalue weighted by atomic mass is 9.88. The van der Waals surface area contributed by atoms with Crippen molar-refractivity contribution in [3.63, 3.8) is 0 Å². The quantitative estimate of drug-likeness (QED) is 0.582. The van der Waals surface area contributed by atoms with Crippen LogP contribution in [0.3, 0.4) is 0 Å². The molecule has 0 aliphatic carbocycles. The van der Waals surface area contributed by atoms with Gasteiger partial charge in [0.1, 0.15) is 0 Å². The van der Waals surface area contributed by atoms with Crippen LogP contribution in [0, 0.1) is 0 Å². The van der Waals surface area contributed by atoms with E-state index in [1.54, 1.807) is 0 Å². The number of likely N-dealkylation sites (tertiary alicyclic amines) is 1. The van der Waals surface area contributed by atoms with E-state index in [9.17, 15) is 8.42 Å². The van der Waals surface area contributed by atoms with E-state index in [2.05, 4.69) is 39.5 Å². The molecule has 0 N–H and O–H groups in total. The van der Waals surface area contributed by atoms with E-state index in [1.165, 1.54) is 17.4 Å². The van der Waals surface area contributed by atoms with Crippen LogP contribution in [0.2, 0.25) is 0 Å². The Morgan fingerprint density at radius 2 is 1.70 bits per heavy atom. The summed E-state index contributed by atoms with van der Waals surface area (Å²) >= 11 is 0. The van der Waals surface area contributed by atoms with Crippen molar-refractivity contribution in [2.75, 3.05) is 19.3 Å². The Morgan fingerprint density at radius 1 is 0.967 bits per heavy atom. The fourth-order valence-corrected chi connectivity index (χ4v) is 4.94. The van der Waals surface area contributed by atoms with E-state index in [4.69, 9.17) is 0 Å². The summed E-state index contributed by atoms with van der Waals surface area (Å²) in [5.41, 5.74) is 4.35. The molecule has 7 heteroatoms. The number of hydrogen-bond acceptors (Lipinski definition) is 5. The molecule has 1 aliphatic rings. The number of rotatable bonds is 7. The van der Waals surface area contributed by atoms with Crippen molar-refractivity contribution in [2.24, 2.45) is 0 Å². The van der Waals surface area contributed by atoms with Crippen molar-refractivity contribution in [1.82, 2.24) is 19.9 Å². The lowest BCUT2D eigenvalue weighted by Gasteiger charge is -2.31. The Hall–Kier alpha value is -2.51. The van der Waals surface area contributed by atoms with Gasteiger partial charge in [0.05, 0.1) is 24.2 Å². The van der Waals surface area contributed by atoms with Gasteiger partial charge in [-0.1, -0.05) is 59.8 Å². The third kappa shape index (κ3) is 5.77. The van der Waals surface area contributed by atoms with Crippen molar-refractivity contribution < 1.29 is 8.42 Å². The molecule has 30 heavy (non-hydrogen) atoms. The minimum absolute atomic E-state index is 0.109. The molecule has 0 spiro atoms. The van der Waals surface area contributed by atoms with Crippen LogP contribution in [0.5, 0.6) is 0 Å². The van der Waals surface area contributed by atoms with Gasteiger partial charge in [-0.25, -0.2) is 13.1 Å². The molecule has 1 fully saturated rings. The van der Waals surface area contributed by atoms with E-state index >= 15 is 0 Å². The van der Waals surface area contributed by atoms with Gasteiger partial charge in [-0.15, -0.1) is 5.10 Å². The number of hydrogen-bond donors (Lipinski definition) is 0. The average molecular weight is 425 g/mol. The van der Waals surface area contributed by atoms with Gasteiger partial charge in [0.15, 0.2) is 9.84 Å². The third-order valence-corrected chi connectivity index (χ3v) is 6.46. The van der Waals surface area contributed by atoms with Gasteiger partial charge < -0.3 is 0 Å². The second-order valence-corrected chi connectivity index (χ2v) is 10.4. The lowest BCUT2D eigenvalue weighted by Crippen LogP contribution is -2.32. The first kappa shape index (κ1) is 20.8. The molecule has 3 aromatic rings. The zero-order chi connectivity index (χ0) is 21.0. The first-order valence-electron chi connectivity index (χ1n) is 10.4. The fourth-order valence-electron chi connectivity index (χ4n) is 4.15. The predicted molar refractivity (Wildman–Crippen MR) is 118 cm³/mol. The van der Waals surface area contributed by atoms with Crippen molar-refractivity contribution in [3.05, 3.63) is 83.2 Å². The average Bonchev–Trinajstić information content (AvgIpc) is 3.15. The summed E-state index contributed by atoms with van der Waals surface area (Å²) in [6, 6.07) is 18.3. The maximum absolute atomic E-state index is 11.6. The summed E-state index contributed by atoms with van der Waals surface area (Å²) < 4.78 is 25.1. The van der Waals surface area contributed by atoms with Crippen LogP contribution >= 0.6 is 0 Å².